The number of para-hydroxylation sites is 1. The summed E-state index contributed by atoms with van der Waals surface area (Å²) in [4.78, 5) is 27.2. The molecule has 1 atom stereocenters. The molecule has 1 unspecified atom stereocenters. The Balaban J connectivity index is 1.80. The maximum atomic E-state index is 13.9. The molecule has 0 saturated carbocycles. The monoisotopic (exact) mass is 384 g/mol. The number of amides is 2. The van der Waals surface area contributed by atoms with Gasteiger partial charge >= 0.3 is 12.0 Å². The average molecular weight is 384 g/mol. The van der Waals surface area contributed by atoms with Crippen molar-refractivity contribution in [2.24, 2.45) is 5.41 Å². The Kier molecular flexibility index (Phi) is 6.29. The highest BCUT2D eigenvalue weighted by molar-refractivity contribution is 5.90. The topological polar surface area (TPSA) is 58.6 Å². The lowest BCUT2D eigenvalue weighted by Gasteiger charge is -2.41. The molecule has 3 rings (SSSR count). The molecule has 1 aliphatic rings. The third-order valence-corrected chi connectivity index (χ3v) is 5.07. The predicted octanol–water partition coefficient (Wildman–Crippen LogP) is 4.25. The van der Waals surface area contributed by atoms with Crippen molar-refractivity contribution in [3.05, 3.63) is 66.0 Å². The van der Waals surface area contributed by atoms with Crippen LogP contribution in [0.1, 0.15) is 25.3 Å². The van der Waals surface area contributed by atoms with E-state index in [0.29, 0.717) is 25.8 Å². The molecule has 1 N–H and O–H groups in total. The minimum atomic E-state index is -0.803. The van der Waals surface area contributed by atoms with E-state index in [1.807, 2.05) is 30.3 Å². The van der Waals surface area contributed by atoms with Crippen molar-refractivity contribution < 1.29 is 18.7 Å². The first kappa shape index (κ1) is 19.9. The Morgan fingerprint density at radius 3 is 2.57 bits per heavy atom. The van der Waals surface area contributed by atoms with Gasteiger partial charge in [-0.2, -0.15) is 0 Å². The van der Waals surface area contributed by atoms with E-state index < -0.39 is 17.3 Å². The molecule has 2 aromatic carbocycles. The van der Waals surface area contributed by atoms with Crippen LogP contribution in [0.2, 0.25) is 0 Å². The van der Waals surface area contributed by atoms with Crippen LogP contribution in [-0.2, 0) is 16.0 Å². The molecule has 28 heavy (non-hydrogen) atoms. The number of hydrogen-bond acceptors (Lipinski definition) is 3. The minimum Gasteiger partial charge on any atom is -0.466 e. The SMILES string of the molecule is CCOC(=O)C1(Cc2ccccc2)CCCN(C(=O)Nc2ccccc2F)C1. The number of nitrogens with one attached hydrogen (secondary N) is 1. The van der Waals surface area contributed by atoms with Crippen LogP contribution in [0.25, 0.3) is 0 Å². The summed E-state index contributed by atoms with van der Waals surface area (Å²) in [6, 6.07) is 15.4. The zero-order chi connectivity index (χ0) is 20.0. The van der Waals surface area contributed by atoms with Crippen LogP contribution in [-0.4, -0.2) is 36.6 Å². The van der Waals surface area contributed by atoms with Gasteiger partial charge in [0.25, 0.3) is 0 Å². The van der Waals surface area contributed by atoms with Crippen LogP contribution in [0, 0.1) is 11.2 Å². The van der Waals surface area contributed by atoms with Crippen molar-refractivity contribution in [3.63, 3.8) is 0 Å². The molecule has 0 aromatic heterocycles. The molecule has 0 aliphatic carbocycles. The van der Waals surface area contributed by atoms with Crippen LogP contribution in [0.3, 0.4) is 0 Å². The van der Waals surface area contributed by atoms with Gasteiger partial charge in [0, 0.05) is 13.1 Å². The molecule has 1 aliphatic heterocycles. The van der Waals surface area contributed by atoms with Crippen molar-refractivity contribution in [1.82, 2.24) is 4.90 Å². The molecule has 2 amide bonds. The lowest BCUT2D eigenvalue weighted by atomic mass is 9.75. The van der Waals surface area contributed by atoms with Gasteiger partial charge in [0.15, 0.2) is 0 Å². The van der Waals surface area contributed by atoms with Crippen molar-refractivity contribution in [2.75, 3.05) is 25.0 Å². The summed E-state index contributed by atoms with van der Waals surface area (Å²) in [5.41, 5.74) is 0.345. The zero-order valence-corrected chi connectivity index (χ0v) is 16.0. The largest absolute Gasteiger partial charge is 0.466 e. The van der Waals surface area contributed by atoms with Gasteiger partial charge in [-0.1, -0.05) is 42.5 Å². The Labute approximate surface area is 164 Å². The van der Waals surface area contributed by atoms with Gasteiger partial charge in [-0.15, -0.1) is 0 Å². The first-order chi connectivity index (χ1) is 13.5. The molecule has 148 valence electrons. The summed E-state index contributed by atoms with van der Waals surface area (Å²) in [5.74, 6) is -0.781. The normalized spacial score (nSPS) is 19.1. The molecule has 1 saturated heterocycles. The van der Waals surface area contributed by atoms with Crippen LogP contribution < -0.4 is 5.32 Å². The summed E-state index contributed by atoms with van der Waals surface area (Å²) in [5, 5.41) is 2.61. The number of benzene rings is 2. The maximum absolute atomic E-state index is 13.9. The minimum absolute atomic E-state index is 0.128. The standard InChI is InChI=1S/C22H25FN2O3/c1-2-28-20(26)22(15-17-9-4-3-5-10-17)13-8-14-25(16-22)21(27)24-19-12-7-6-11-18(19)23/h3-7,9-12H,2,8,13-16H2,1H3,(H,24,27). The number of piperidine rings is 1. The fraction of sp³-hybridized carbons (Fsp3) is 0.364. The summed E-state index contributed by atoms with van der Waals surface area (Å²) in [7, 11) is 0. The van der Waals surface area contributed by atoms with Gasteiger partial charge in [-0.05, 0) is 43.9 Å². The zero-order valence-electron chi connectivity index (χ0n) is 16.0. The highest BCUT2D eigenvalue weighted by atomic mass is 19.1. The number of ether oxygens (including phenoxy) is 1. The molecule has 0 spiro atoms. The summed E-state index contributed by atoms with van der Waals surface area (Å²) in [6.07, 6.45) is 1.82. The molecule has 5 nitrogen and oxygen atoms in total. The van der Waals surface area contributed by atoms with E-state index >= 15 is 0 Å². The van der Waals surface area contributed by atoms with E-state index in [9.17, 15) is 14.0 Å². The number of carbonyl (C=O) groups excluding carboxylic acids is 2. The van der Waals surface area contributed by atoms with Crippen LogP contribution in [0.4, 0.5) is 14.9 Å². The van der Waals surface area contributed by atoms with E-state index in [0.717, 1.165) is 5.56 Å². The second-order valence-electron chi connectivity index (χ2n) is 7.10. The number of hydrogen-bond donors (Lipinski definition) is 1. The number of esters is 1. The number of nitrogens with zero attached hydrogens (tertiary/aromatic N) is 1. The van der Waals surface area contributed by atoms with Crippen LogP contribution in [0.15, 0.2) is 54.6 Å². The quantitative estimate of drug-likeness (QED) is 0.784. The number of carbonyl (C=O) groups is 2. The van der Waals surface area contributed by atoms with E-state index in [-0.39, 0.29) is 24.8 Å². The predicted molar refractivity (Wildman–Crippen MR) is 105 cm³/mol. The van der Waals surface area contributed by atoms with Gasteiger partial charge in [0.05, 0.1) is 17.7 Å². The van der Waals surface area contributed by atoms with E-state index in [2.05, 4.69) is 5.32 Å². The van der Waals surface area contributed by atoms with E-state index in [1.165, 1.54) is 12.1 Å². The molecule has 6 heteroatoms. The molecule has 1 fully saturated rings. The van der Waals surface area contributed by atoms with Crippen molar-refractivity contribution in [2.45, 2.75) is 26.2 Å². The van der Waals surface area contributed by atoms with Gasteiger partial charge in [0.1, 0.15) is 5.82 Å². The van der Waals surface area contributed by atoms with Gasteiger partial charge in [0.2, 0.25) is 0 Å². The Morgan fingerprint density at radius 2 is 1.86 bits per heavy atom. The molecule has 1 heterocycles. The smallest absolute Gasteiger partial charge is 0.321 e. The van der Waals surface area contributed by atoms with Crippen molar-refractivity contribution in [1.29, 1.82) is 0 Å². The van der Waals surface area contributed by atoms with Gasteiger partial charge in [-0.3, -0.25) is 4.79 Å². The van der Waals surface area contributed by atoms with Crippen LogP contribution >= 0.6 is 0 Å². The molecule has 0 bridgehead atoms. The molecule has 0 radical (unpaired) electrons. The third kappa shape index (κ3) is 4.50. The Hall–Kier alpha value is -2.89. The third-order valence-electron chi connectivity index (χ3n) is 5.07. The fourth-order valence-electron chi connectivity index (χ4n) is 3.72. The number of anilines is 1. The van der Waals surface area contributed by atoms with Gasteiger partial charge < -0.3 is 15.0 Å². The first-order valence-electron chi connectivity index (χ1n) is 9.56. The second-order valence-corrected chi connectivity index (χ2v) is 7.10. The maximum Gasteiger partial charge on any atom is 0.321 e. The summed E-state index contributed by atoms with van der Waals surface area (Å²) >= 11 is 0. The number of urea groups is 1. The van der Waals surface area contributed by atoms with E-state index in [1.54, 1.807) is 24.0 Å². The van der Waals surface area contributed by atoms with Crippen LogP contribution in [0.5, 0.6) is 0 Å². The molecular formula is C22H25FN2O3. The van der Waals surface area contributed by atoms with Crippen molar-refractivity contribution in [3.8, 4) is 0 Å². The average Bonchev–Trinajstić information content (AvgIpc) is 2.71. The Bertz CT molecular complexity index is 828. The highest BCUT2D eigenvalue weighted by Crippen LogP contribution is 2.35. The number of rotatable bonds is 5. The summed E-state index contributed by atoms with van der Waals surface area (Å²) < 4.78 is 19.2. The number of halogens is 1. The number of likely N-dealkylation sites (tertiary alicyclic amines) is 1. The first-order valence-corrected chi connectivity index (χ1v) is 9.56. The Morgan fingerprint density at radius 1 is 1.14 bits per heavy atom. The van der Waals surface area contributed by atoms with E-state index in [4.69, 9.17) is 4.74 Å². The highest BCUT2D eigenvalue weighted by Gasteiger charge is 2.44. The van der Waals surface area contributed by atoms with Crippen molar-refractivity contribution >= 4 is 17.7 Å². The fourth-order valence-corrected chi connectivity index (χ4v) is 3.72. The second kappa shape index (κ2) is 8.87. The molecular weight excluding hydrogens is 359 g/mol. The molecule has 2 aromatic rings. The summed E-state index contributed by atoms with van der Waals surface area (Å²) in [6.45, 7) is 2.81. The lowest BCUT2D eigenvalue weighted by molar-refractivity contribution is -0.158. The van der Waals surface area contributed by atoms with Gasteiger partial charge in [-0.25, -0.2) is 9.18 Å². The lowest BCUT2D eigenvalue weighted by Crippen LogP contribution is -2.52.